The zero-order chi connectivity index (χ0) is 19.4. The molecule has 3 N–H and O–H groups in total. The predicted molar refractivity (Wildman–Crippen MR) is 99.5 cm³/mol. The first-order valence-corrected chi connectivity index (χ1v) is 8.42. The maximum absolute atomic E-state index is 11.1. The minimum Gasteiger partial charge on any atom is -0.483 e. The third-order valence-corrected chi connectivity index (χ3v) is 3.50. The van der Waals surface area contributed by atoms with E-state index < -0.39 is 5.91 Å². The van der Waals surface area contributed by atoms with Crippen molar-refractivity contribution in [1.82, 2.24) is 14.8 Å². The van der Waals surface area contributed by atoms with E-state index in [1.54, 1.807) is 0 Å². The molecular weight excluding hydrogens is 332 g/mol. The molecule has 0 fully saturated rings. The van der Waals surface area contributed by atoms with Crippen LogP contribution < -0.4 is 5.73 Å². The van der Waals surface area contributed by atoms with E-state index in [9.17, 15) is 4.79 Å². The Morgan fingerprint density at radius 2 is 1.88 bits per heavy atom. The summed E-state index contributed by atoms with van der Waals surface area (Å²) in [7, 11) is 0. The van der Waals surface area contributed by atoms with Crippen molar-refractivity contribution in [2.45, 2.75) is 46.1 Å². The molecule has 26 heavy (non-hydrogen) atoms. The lowest BCUT2D eigenvalue weighted by molar-refractivity contribution is -0.123. The molecule has 2 aromatic rings. The number of carbonyl (C=O) groups excluding carboxylic acids is 1. The molecule has 0 saturated heterocycles. The van der Waals surface area contributed by atoms with Gasteiger partial charge in [0.15, 0.2) is 5.82 Å². The van der Waals surface area contributed by atoms with Gasteiger partial charge in [-0.15, -0.1) is 0 Å². The molecule has 0 bridgehead atoms. The van der Waals surface area contributed by atoms with Crippen LogP contribution in [0.1, 0.15) is 37.5 Å². The van der Waals surface area contributed by atoms with Gasteiger partial charge < -0.3 is 10.8 Å². The quantitative estimate of drug-likeness (QED) is 0.555. The summed E-state index contributed by atoms with van der Waals surface area (Å²) in [5, 5.41) is 11.3. The first-order chi connectivity index (χ1) is 12.5. The molecule has 0 aliphatic rings. The minimum absolute atomic E-state index is 0.0913. The molecule has 140 valence electrons. The van der Waals surface area contributed by atoms with Crippen molar-refractivity contribution in [1.29, 1.82) is 0 Å². The predicted octanol–water partition coefficient (Wildman–Crippen LogP) is 2.15. The third kappa shape index (κ3) is 8.23. The Hall–Kier alpha value is -2.96. The van der Waals surface area contributed by atoms with Crippen molar-refractivity contribution >= 4 is 12.4 Å². The summed E-state index contributed by atoms with van der Waals surface area (Å²) < 4.78 is 1.91. The summed E-state index contributed by atoms with van der Waals surface area (Å²) in [6.07, 6.45) is 4.89. The van der Waals surface area contributed by atoms with Crippen LogP contribution >= 0.6 is 0 Å². The first-order valence-electron chi connectivity index (χ1n) is 8.42. The molecule has 0 spiro atoms. The van der Waals surface area contributed by atoms with Crippen LogP contribution in [0.3, 0.4) is 0 Å². The molecule has 7 nitrogen and oxygen atoms in total. The molecule has 0 atom stereocenters. The van der Waals surface area contributed by atoms with Crippen molar-refractivity contribution in [2.24, 2.45) is 5.73 Å². The first kappa shape index (κ1) is 21.1. The van der Waals surface area contributed by atoms with Crippen molar-refractivity contribution in [3.05, 3.63) is 59.2 Å². The van der Waals surface area contributed by atoms with E-state index in [2.05, 4.69) is 42.1 Å². The Bertz CT molecular complexity index is 720. The van der Waals surface area contributed by atoms with Crippen LogP contribution in [0.15, 0.2) is 42.0 Å². The number of hydrogen-bond acceptors (Lipinski definition) is 4. The van der Waals surface area contributed by atoms with Gasteiger partial charge in [0.1, 0.15) is 5.82 Å². The van der Waals surface area contributed by atoms with E-state index >= 15 is 0 Å². The van der Waals surface area contributed by atoms with Gasteiger partial charge in [0.05, 0.1) is 6.42 Å². The van der Waals surface area contributed by atoms with Gasteiger partial charge in [0, 0.05) is 13.0 Å². The molecule has 2 rings (SSSR count). The van der Waals surface area contributed by atoms with Crippen LogP contribution in [-0.2, 0) is 35.4 Å². The molecule has 1 amide bonds. The number of carbonyl (C=O) groups is 2. The van der Waals surface area contributed by atoms with Crippen molar-refractivity contribution in [3.8, 4) is 0 Å². The van der Waals surface area contributed by atoms with Crippen molar-refractivity contribution in [2.75, 3.05) is 0 Å². The number of aromatic nitrogens is 3. The number of primary amides is 1. The van der Waals surface area contributed by atoms with Gasteiger partial charge in [0.25, 0.3) is 6.47 Å². The fourth-order valence-corrected chi connectivity index (χ4v) is 2.39. The zero-order valence-corrected chi connectivity index (χ0v) is 15.3. The Morgan fingerprint density at radius 3 is 2.46 bits per heavy atom. The highest BCUT2D eigenvalue weighted by Crippen LogP contribution is 2.08. The SMILES string of the molecule is CC(C)=CCCc1nc(CC(N)=O)nn1CCc1ccccc1.O=CO. The number of hydrogen-bond donors (Lipinski definition) is 2. The topological polar surface area (TPSA) is 111 Å². The average molecular weight is 358 g/mol. The maximum Gasteiger partial charge on any atom is 0.290 e. The number of rotatable bonds is 8. The zero-order valence-electron chi connectivity index (χ0n) is 15.3. The van der Waals surface area contributed by atoms with Gasteiger partial charge in [-0.05, 0) is 32.3 Å². The van der Waals surface area contributed by atoms with Crippen LogP contribution in [0.5, 0.6) is 0 Å². The molecule has 1 aromatic heterocycles. The number of amides is 1. The number of carboxylic acid groups (broad SMARTS) is 1. The van der Waals surface area contributed by atoms with E-state index in [1.165, 1.54) is 11.1 Å². The Labute approximate surface area is 153 Å². The molecule has 0 saturated carbocycles. The molecule has 1 aromatic carbocycles. The van der Waals surface area contributed by atoms with Gasteiger partial charge in [0.2, 0.25) is 5.91 Å². The van der Waals surface area contributed by atoms with Crippen molar-refractivity contribution in [3.63, 3.8) is 0 Å². The lowest BCUT2D eigenvalue weighted by Crippen LogP contribution is -2.15. The molecule has 0 aliphatic carbocycles. The summed E-state index contributed by atoms with van der Waals surface area (Å²) in [6, 6.07) is 10.3. The molecule has 1 heterocycles. The summed E-state index contributed by atoms with van der Waals surface area (Å²) in [6.45, 7) is 4.66. The monoisotopic (exact) mass is 358 g/mol. The highest BCUT2D eigenvalue weighted by Gasteiger charge is 2.11. The number of aryl methyl sites for hydroxylation is 3. The highest BCUT2D eigenvalue weighted by molar-refractivity contribution is 5.75. The smallest absolute Gasteiger partial charge is 0.290 e. The van der Waals surface area contributed by atoms with Gasteiger partial charge in [-0.1, -0.05) is 42.0 Å². The number of benzene rings is 1. The standard InChI is InChI=1S/C18H24N4O.CH2O2/c1-14(2)7-6-10-18-20-17(13-16(19)23)21-22(18)12-11-15-8-4-3-5-9-15;2-1-3/h3-5,7-9H,6,10-13H2,1-2H3,(H2,19,23);1H,(H,2,3). The maximum atomic E-state index is 11.1. The minimum atomic E-state index is -0.402. The average Bonchev–Trinajstić information content (AvgIpc) is 2.95. The lowest BCUT2D eigenvalue weighted by atomic mass is 10.1. The number of nitrogens with two attached hydrogens (primary N) is 1. The molecule has 0 aliphatic heterocycles. The number of nitrogens with zero attached hydrogens (tertiary/aromatic N) is 3. The van der Waals surface area contributed by atoms with Gasteiger partial charge in [-0.3, -0.25) is 9.59 Å². The Balaban J connectivity index is 0.00000105. The van der Waals surface area contributed by atoms with Crippen LogP contribution in [0.4, 0.5) is 0 Å². The second-order valence-corrected chi connectivity index (χ2v) is 5.97. The summed E-state index contributed by atoms with van der Waals surface area (Å²) >= 11 is 0. The van der Waals surface area contributed by atoms with Crippen molar-refractivity contribution < 1.29 is 14.7 Å². The summed E-state index contributed by atoms with van der Waals surface area (Å²) in [5.74, 6) is 1.02. The second-order valence-electron chi connectivity index (χ2n) is 5.97. The van der Waals surface area contributed by atoms with Gasteiger partial charge in [-0.25, -0.2) is 9.67 Å². The molecule has 7 heteroatoms. The second kappa shape index (κ2) is 11.6. The summed E-state index contributed by atoms with van der Waals surface area (Å²) in [5.41, 5.74) is 7.80. The molecule has 0 unspecified atom stereocenters. The fraction of sp³-hybridized carbons (Fsp3) is 0.368. The van der Waals surface area contributed by atoms with E-state index in [1.807, 2.05) is 22.9 Å². The van der Waals surface area contributed by atoms with Crippen LogP contribution in [0.2, 0.25) is 0 Å². The van der Waals surface area contributed by atoms with E-state index in [-0.39, 0.29) is 12.9 Å². The molecule has 0 radical (unpaired) electrons. The van der Waals surface area contributed by atoms with E-state index in [0.717, 1.165) is 31.6 Å². The molecular formula is C19H26N4O3. The number of allylic oxidation sites excluding steroid dienone is 2. The summed E-state index contributed by atoms with van der Waals surface area (Å²) in [4.78, 5) is 23.9. The van der Waals surface area contributed by atoms with Crippen LogP contribution in [-0.4, -0.2) is 32.3 Å². The van der Waals surface area contributed by atoms with E-state index in [4.69, 9.17) is 15.6 Å². The highest BCUT2D eigenvalue weighted by atomic mass is 16.3. The van der Waals surface area contributed by atoms with Crippen LogP contribution in [0.25, 0.3) is 0 Å². The normalized spacial score (nSPS) is 9.77. The third-order valence-electron chi connectivity index (χ3n) is 3.50. The lowest BCUT2D eigenvalue weighted by Gasteiger charge is -2.05. The van der Waals surface area contributed by atoms with Gasteiger partial charge >= 0.3 is 0 Å². The fourth-order valence-electron chi connectivity index (χ4n) is 2.39. The van der Waals surface area contributed by atoms with E-state index in [0.29, 0.717) is 5.82 Å². The Kier molecular flexibility index (Phi) is 9.38. The van der Waals surface area contributed by atoms with Crippen LogP contribution in [0, 0.1) is 0 Å². The van der Waals surface area contributed by atoms with Gasteiger partial charge in [-0.2, -0.15) is 5.10 Å². The Morgan fingerprint density at radius 1 is 1.23 bits per heavy atom. The largest absolute Gasteiger partial charge is 0.483 e.